The van der Waals surface area contributed by atoms with Crippen LogP contribution in [0.1, 0.15) is 12.6 Å². The van der Waals surface area contributed by atoms with Crippen LogP contribution in [0.3, 0.4) is 0 Å². The van der Waals surface area contributed by atoms with E-state index in [-0.39, 0.29) is 11.6 Å². The summed E-state index contributed by atoms with van der Waals surface area (Å²) < 4.78 is 33.0. The number of anilines is 1. The fourth-order valence-electron chi connectivity index (χ4n) is 1.62. The topological polar surface area (TPSA) is 53.1 Å². The summed E-state index contributed by atoms with van der Waals surface area (Å²) in [5.41, 5.74) is 6.88. The van der Waals surface area contributed by atoms with E-state index in [1.807, 2.05) is 6.92 Å². The molecule has 0 aliphatic heterocycles. The summed E-state index contributed by atoms with van der Waals surface area (Å²) in [7, 11) is 1.65. The fourth-order valence-corrected chi connectivity index (χ4v) is 1.62. The maximum absolute atomic E-state index is 13.5. The van der Waals surface area contributed by atoms with Gasteiger partial charge in [-0.15, -0.1) is 0 Å². The van der Waals surface area contributed by atoms with Crippen molar-refractivity contribution in [3.05, 3.63) is 35.5 Å². The predicted molar refractivity (Wildman–Crippen MR) is 63.4 cm³/mol. The van der Waals surface area contributed by atoms with E-state index in [9.17, 15) is 8.78 Å². The first-order chi connectivity index (χ1) is 8.52. The largest absolute Gasteiger partial charge is 0.434 e. The lowest BCUT2D eigenvalue weighted by molar-refractivity contribution is 0.402. The summed E-state index contributed by atoms with van der Waals surface area (Å²) in [5, 5.41) is 4.14. The van der Waals surface area contributed by atoms with Crippen LogP contribution in [-0.2, 0) is 13.5 Å². The zero-order valence-corrected chi connectivity index (χ0v) is 10.1. The van der Waals surface area contributed by atoms with Crippen LogP contribution in [0.25, 0.3) is 0 Å². The zero-order valence-electron chi connectivity index (χ0n) is 10.1. The first-order valence-corrected chi connectivity index (χ1v) is 5.47. The average molecular weight is 253 g/mol. The van der Waals surface area contributed by atoms with Crippen molar-refractivity contribution in [1.82, 2.24) is 9.78 Å². The maximum Gasteiger partial charge on any atom is 0.241 e. The van der Waals surface area contributed by atoms with E-state index in [0.717, 1.165) is 12.1 Å². The lowest BCUT2D eigenvalue weighted by Crippen LogP contribution is -1.98. The summed E-state index contributed by atoms with van der Waals surface area (Å²) in [6, 6.07) is 3.08. The molecule has 0 saturated heterocycles. The fraction of sp³-hybridized carbons (Fsp3) is 0.250. The van der Waals surface area contributed by atoms with E-state index in [1.165, 1.54) is 10.7 Å². The van der Waals surface area contributed by atoms with Crippen molar-refractivity contribution in [1.29, 1.82) is 0 Å². The Kier molecular flexibility index (Phi) is 3.18. The molecule has 0 aliphatic rings. The van der Waals surface area contributed by atoms with Gasteiger partial charge in [-0.25, -0.2) is 13.5 Å². The van der Waals surface area contributed by atoms with Crippen LogP contribution in [0.5, 0.6) is 11.6 Å². The lowest BCUT2D eigenvalue weighted by atomic mass is 10.3. The Balaban J connectivity index is 2.37. The third-order valence-electron chi connectivity index (χ3n) is 2.54. The number of nitrogens with two attached hydrogens (primary N) is 1. The van der Waals surface area contributed by atoms with Gasteiger partial charge in [-0.3, -0.25) is 0 Å². The van der Waals surface area contributed by atoms with Crippen LogP contribution in [0, 0.1) is 11.6 Å². The van der Waals surface area contributed by atoms with Gasteiger partial charge in [0, 0.05) is 13.1 Å². The molecular formula is C12H13F2N3O. The van der Waals surface area contributed by atoms with E-state index in [4.69, 9.17) is 10.5 Å². The first-order valence-electron chi connectivity index (χ1n) is 5.47. The molecule has 0 amide bonds. The second-order valence-corrected chi connectivity index (χ2v) is 3.82. The highest BCUT2D eigenvalue weighted by Gasteiger charge is 2.16. The van der Waals surface area contributed by atoms with E-state index in [1.54, 1.807) is 7.05 Å². The minimum absolute atomic E-state index is 0.0891. The predicted octanol–water partition coefficient (Wildman–Crippen LogP) is 2.64. The number of hydrogen-bond acceptors (Lipinski definition) is 3. The van der Waals surface area contributed by atoms with Crippen molar-refractivity contribution < 1.29 is 13.5 Å². The molecule has 6 heteroatoms. The minimum atomic E-state index is -0.784. The number of nitrogen functional groups attached to an aromatic ring is 1. The summed E-state index contributed by atoms with van der Waals surface area (Å²) in [4.78, 5) is 0. The van der Waals surface area contributed by atoms with Crippen molar-refractivity contribution in [2.45, 2.75) is 13.3 Å². The lowest BCUT2D eigenvalue weighted by Gasteiger charge is -2.07. The molecule has 0 unspecified atom stereocenters. The summed E-state index contributed by atoms with van der Waals surface area (Å²) in [6.07, 6.45) is 0.648. The molecule has 0 fully saturated rings. The third-order valence-corrected chi connectivity index (χ3v) is 2.54. The van der Waals surface area contributed by atoms with Gasteiger partial charge in [0.25, 0.3) is 0 Å². The quantitative estimate of drug-likeness (QED) is 0.914. The van der Waals surface area contributed by atoms with Crippen LogP contribution in [-0.4, -0.2) is 9.78 Å². The van der Waals surface area contributed by atoms with Crippen LogP contribution in [0.4, 0.5) is 14.5 Å². The normalized spacial score (nSPS) is 10.7. The van der Waals surface area contributed by atoms with Crippen LogP contribution in [0.15, 0.2) is 18.2 Å². The van der Waals surface area contributed by atoms with Crippen molar-refractivity contribution >= 4 is 5.69 Å². The molecule has 96 valence electrons. The summed E-state index contributed by atoms with van der Waals surface area (Å²) in [5.74, 6) is -1.29. The molecular weight excluding hydrogens is 240 g/mol. The Labute approximate surface area is 103 Å². The van der Waals surface area contributed by atoms with E-state index in [2.05, 4.69) is 5.10 Å². The molecule has 0 radical (unpaired) electrons. The van der Waals surface area contributed by atoms with E-state index < -0.39 is 11.6 Å². The molecule has 0 spiro atoms. The van der Waals surface area contributed by atoms with Gasteiger partial charge in [-0.05, 0) is 18.6 Å². The molecule has 4 nitrogen and oxygen atoms in total. The maximum atomic E-state index is 13.5. The number of halogens is 2. The molecule has 0 aliphatic carbocycles. The average Bonchev–Trinajstić information content (AvgIpc) is 2.59. The van der Waals surface area contributed by atoms with Gasteiger partial charge in [0.15, 0.2) is 11.6 Å². The number of benzene rings is 1. The van der Waals surface area contributed by atoms with Crippen molar-refractivity contribution in [2.24, 2.45) is 7.05 Å². The van der Waals surface area contributed by atoms with Gasteiger partial charge in [0.2, 0.25) is 5.88 Å². The molecule has 1 aromatic heterocycles. The van der Waals surface area contributed by atoms with Gasteiger partial charge in [-0.2, -0.15) is 5.10 Å². The van der Waals surface area contributed by atoms with Crippen LogP contribution < -0.4 is 10.5 Å². The highest BCUT2D eigenvalue weighted by Crippen LogP contribution is 2.31. The number of ether oxygens (including phenoxy) is 1. The molecule has 1 aromatic carbocycles. The molecule has 0 atom stereocenters. The Morgan fingerprint density at radius 2 is 2.11 bits per heavy atom. The Morgan fingerprint density at radius 3 is 2.67 bits per heavy atom. The molecule has 2 rings (SSSR count). The summed E-state index contributed by atoms with van der Waals surface area (Å²) in [6.45, 7) is 1.90. The number of aromatic nitrogens is 2. The first kappa shape index (κ1) is 12.3. The minimum Gasteiger partial charge on any atom is -0.434 e. The Morgan fingerprint density at radius 1 is 1.39 bits per heavy atom. The van der Waals surface area contributed by atoms with Gasteiger partial charge >= 0.3 is 0 Å². The van der Waals surface area contributed by atoms with E-state index in [0.29, 0.717) is 17.8 Å². The highest BCUT2D eigenvalue weighted by molar-refractivity contribution is 5.54. The molecule has 18 heavy (non-hydrogen) atoms. The van der Waals surface area contributed by atoms with Gasteiger partial charge in [0.05, 0.1) is 5.69 Å². The SMILES string of the molecule is CCc1nn(C)c(Oc2ccc(F)cc2F)c1N. The molecule has 1 heterocycles. The van der Waals surface area contributed by atoms with Crippen molar-refractivity contribution in [2.75, 3.05) is 5.73 Å². The number of nitrogens with zero attached hydrogens (tertiary/aromatic N) is 2. The number of aryl methyl sites for hydroxylation is 2. The number of hydrogen-bond donors (Lipinski definition) is 1. The second-order valence-electron chi connectivity index (χ2n) is 3.82. The molecule has 0 saturated carbocycles. The van der Waals surface area contributed by atoms with Gasteiger partial charge in [0.1, 0.15) is 11.5 Å². The second kappa shape index (κ2) is 4.64. The summed E-state index contributed by atoms with van der Waals surface area (Å²) >= 11 is 0. The van der Waals surface area contributed by atoms with Gasteiger partial charge in [-0.1, -0.05) is 6.92 Å². The van der Waals surface area contributed by atoms with E-state index >= 15 is 0 Å². The molecule has 2 N–H and O–H groups in total. The van der Waals surface area contributed by atoms with Gasteiger partial charge < -0.3 is 10.5 Å². The number of rotatable bonds is 3. The van der Waals surface area contributed by atoms with Crippen molar-refractivity contribution in [3.8, 4) is 11.6 Å². The third kappa shape index (κ3) is 2.13. The standard InChI is InChI=1S/C12H13F2N3O/c1-3-9-11(15)12(17(2)16-9)18-10-5-4-7(13)6-8(10)14/h4-6H,3,15H2,1-2H3. The van der Waals surface area contributed by atoms with Crippen LogP contribution >= 0.6 is 0 Å². The zero-order chi connectivity index (χ0) is 13.3. The van der Waals surface area contributed by atoms with Crippen LogP contribution in [0.2, 0.25) is 0 Å². The Bertz CT molecular complexity index is 581. The monoisotopic (exact) mass is 253 g/mol. The smallest absolute Gasteiger partial charge is 0.241 e. The Hall–Kier alpha value is -2.11. The molecule has 2 aromatic rings. The highest BCUT2D eigenvalue weighted by atomic mass is 19.1. The molecule has 0 bridgehead atoms. The van der Waals surface area contributed by atoms with Crippen molar-refractivity contribution in [3.63, 3.8) is 0 Å².